The normalized spacial score (nSPS) is 26.3. The summed E-state index contributed by atoms with van der Waals surface area (Å²) in [5.41, 5.74) is 0. The second-order valence-electron chi connectivity index (χ2n) is 5.94. The lowest BCUT2D eigenvalue weighted by Crippen LogP contribution is -2.46. The van der Waals surface area contributed by atoms with E-state index in [-0.39, 0.29) is 6.04 Å². The minimum Gasteiger partial charge on any atom is -0.325 e. The lowest BCUT2D eigenvalue weighted by molar-refractivity contribution is -0.131. The Morgan fingerprint density at radius 1 is 1.21 bits per heavy atom. The Bertz CT molecular complexity index is 287. The summed E-state index contributed by atoms with van der Waals surface area (Å²) in [4.78, 5) is 17.0. The van der Waals surface area contributed by atoms with E-state index in [1.807, 2.05) is 0 Å². The molecule has 0 bridgehead atoms. The van der Waals surface area contributed by atoms with Gasteiger partial charge >= 0.3 is 0 Å². The third-order valence-corrected chi connectivity index (χ3v) is 4.47. The van der Waals surface area contributed by atoms with E-state index >= 15 is 0 Å². The van der Waals surface area contributed by atoms with Crippen LogP contribution in [0.25, 0.3) is 0 Å². The maximum atomic E-state index is 12.4. The van der Waals surface area contributed by atoms with E-state index in [1.165, 1.54) is 19.4 Å². The SMILES string of the molecule is CCCCC1NCN(C2CCN(CCC)CC2)C1=O. The molecule has 4 heteroatoms. The highest BCUT2D eigenvalue weighted by molar-refractivity contribution is 5.84. The van der Waals surface area contributed by atoms with Gasteiger partial charge < -0.3 is 9.80 Å². The van der Waals surface area contributed by atoms with E-state index in [0.717, 1.165) is 45.4 Å². The predicted molar refractivity (Wildman–Crippen MR) is 77.9 cm³/mol. The second-order valence-corrected chi connectivity index (χ2v) is 5.94. The van der Waals surface area contributed by atoms with Gasteiger partial charge in [0, 0.05) is 19.1 Å². The van der Waals surface area contributed by atoms with Crippen LogP contribution in [0.3, 0.4) is 0 Å². The van der Waals surface area contributed by atoms with E-state index in [0.29, 0.717) is 11.9 Å². The Morgan fingerprint density at radius 3 is 2.58 bits per heavy atom. The fraction of sp³-hybridized carbons (Fsp3) is 0.933. The summed E-state index contributed by atoms with van der Waals surface area (Å²) in [5, 5.41) is 3.39. The highest BCUT2D eigenvalue weighted by Gasteiger charge is 2.36. The van der Waals surface area contributed by atoms with Crippen molar-refractivity contribution in [1.82, 2.24) is 15.1 Å². The van der Waals surface area contributed by atoms with Gasteiger partial charge in [-0.15, -0.1) is 0 Å². The zero-order chi connectivity index (χ0) is 13.7. The molecule has 0 saturated carbocycles. The summed E-state index contributed by atoms with van der Waals surface area (Å²) in [6.45, 7) is 8.70. The van der Waals surface area contributed by atoms with Gasteiger partial charge in [-0.3, -0.25) is 10.1 Å². The van der Waals surface area contributed by atoms with Crippen molar-refractivity contribution in [3.8, 4) is 0 Å². The van der Waals surface area contributed by atoms with E-state index in [1.54, 1.807) is 0 Å². The molecule has 2 rings (SSSR count). The second kappa shape index (κ2) is 7.25. The topological polar surface area (TPSA) is 35.6 Å². The molecular formula is C15H29N3O. The number of rotatable bonds is 6. The van der Waals surface area contributed by atoms with Crippen LogP contribution >= 0.6 is 0 Å². The number of nitrogens with one attached hydrogen (secondary N) is 1. The molecule has 1 amide bonds. The van der Waals surface area contributed by atoms with Gasteiger partial charge in [-0.2, -0.15) is 0 Å². The zero-order valence-corrected chi connectivity index (χ0v) is 12.5. The molecule has 0 aromatic rings. The molecule has 0 aromatic heterocycles. The Morgan fingerprint density at radius 2 is 1.95 bits per heavy atom. The Balaban J connectivity index is 1.79. The average molecular weight is 267 g/mol. The molecule has 2 aliphatic rings. The number of carbonyl (C=O) groups excluding carboxylic acids is 1. The molecule has 4 nitrogen and oxygen atoms in total. The first-order chi connectivity index (χ1) is 9.26. The predicted octanol–water partition coefficient (Wildman–Crippen LogP) is 1.81. The molecular weight excluding hydrogens is 238 g/mol. The van der Waals surface area contributed by atoms with Gasteiger partial charge in [0.15, 0.2) is 0 Å². The van der Waals surface area contributed by atoms with Crippen molar-refractivity contribution in [2.75, 3.05) is 26.3 Å². The van der Waals surface area contributed by atoms with Crippen LogP contribution in [0.2, 0.25) is 0 Å². The number of nitrogens with zero attached hydrogens (tertiary/aromatic N) is 2. The van der Waals surface area contributed by atoms with Crippen molar-refractivity contribution in [3.63, 3.8) is 0 Å². The van der Waals surface area contributed by atoms with Crippen LogP contribution in [0, 0.1) is 0 Å². The van der Waals surface area contributed by atoms with E-state index in [2.05, 4.69) is 29.0 Å². The van der Waals surface area contributed by atoms with Crippen LogP contribution in [-0.4, -0.2) is 54.1 Å². The van der Waals surface area contributed by atoms with E-state index in [9.17, 15) is 4.79 Å². The minimum absolute atomic E-state index is 0.0913. The smallest absolute Gasteiger partial charge is 0.241 e. The van der Waals surface area contributed by atoms with Gasteiger partial charge in [0.25, 0.3) is 0 Å². The fourth-order valence-corrected chi connectivity index (χ4v) is 3.29. The maximum Gasteiger partial charge on any atom is 0.241 e. The van der Waals surface area contributed by atoms with Gasteiger partial charge in [-0.25, -0.2) is 0 Å². The van der Waals surface area contributed by atoms with Crippen LogP contribution in [0.5, 0.6) is 0 Å². The maximum absolute atomic E-state index is 12.4. The molecule has 110 valence electrons. The van der Waals surface area contributed by atoms with Crippen LogP contribution < -0.4 is 5.32 Å². The molecule has 2 fully saturated rings. The molecule has 1 unspecified atom stereocenters. The molecule has 2 aliphatic heterocycles. The van der Waals surface area contributed by atoms with Gasteiger partial charge in [0.1, 0.15) is 0 Å². The van der Waals surface area contributed by atoms with Crippen molar-refractivity contribution in [2.24, 2.45) is 0 Å². The summed E-state index contributed by atoms with van der Waals surface area (Å²) in [7, 11) is 0. The number of carbonyl (C=O) groups is 1. The molecule has 2 heterocycles. The van der Waals surface area contributed by atoms with Crippen LogP contribution in [0.4, 0.5) is 0 Å². The lowest BCUT2D eigenvalue weighted by Gasteiger charge is -2.36. The highest BCUT2D eigenvalue weighted by Crippen LogP contribution is 2.21. The summed E-state index contributed by atoms with van der Waals surface area (Å²) < 4.78 is 0. The summed E-state index contributed by atoms with van der Waals surface area (Å²) >= 11 is 0. The van der Waals surface area contributed by atoms with Gasteiger partial charge in [0.05, 0.1) is 12.7 Å². The van der Waals surface area contributed by atoms with Gasteiger partial charge in [-0.1, -0.05) is 26.7 Å². The van der Waals surface area contributed by atoms with Crippen molar-refractivity contribution in [1.29, 1.82) is 0 Å². The summed E-state index contributed by atoms with van der Waals surface area (Å²) in [6.07, 6.45) is 6.84. The number of piperidine rings is 1. The quantitative estimate of drug-likeness (QED) is 0.797. The Labute approximate surface area is 117 Å². The van der Waals surface area contributed by atoms with E-state index < -0.39 is 0 Å². The molecule has 0 aromatic carbocycles. The fourth-order valence-electron chi connectivity index (χ4n) is 3.29. The van der Waals surface area contributed by atoms with Crippen molar-refractivity contribution in [3.05, 3.63) is 0 Å². The van der Waals surface area contributed by atoms with Crippen LogP contribution in [-0.2, 0) is 4.79 Å². The molecule has 0 spiro atoms. The summed E-state index contributed by atoms with van der Waals surface area (Å²) in [5.74, 6) is 0.349. The van der Waals surface area contributed by atoms with Crippen LogP contribution in [0.15, 0.2) is 0 Å². The number of hydrogen-bond donors (Lipinski definition) is 1. The summed E-state index contributed by atoms with van der Waals surface area (Å²) in [6, 6.07) is 0.563. The first kappa shape index (κ1) is 14.8. The minimum atomic E-state index is 0.0913. The zero-order valence-electron chi connectivity index (χ0n) is 12.5. The highest BCUT2D eigenvalue weighted by atomic mass is 16.2. The number of unbranched alkanes of at least 4 members (excludes halogenated alkanes) is 1. The van der Waals surface area contributed by atoms with Gasteiger partial charge in [0.2, 0.25) is 5.91 Å². The average Bonchev–Trinajstić information content (AvgIpc) is 2.79. The Hall–Kier alpha value is -0.610. The molecule has 0 aliphatic carbocycles. The van der Waals surface area contributed by atoms with Crippen LogP contribution in [0.1, 0.15) is 52.4 Å². The first-order valence-electron chi connectivity index (χ1n) is 8.02. The molecule has 0 radical (unpaired) electrons. The molecule has 1 atom stereocenters. The third-order valence-electron chi connectivity index (χ3n) is 4.47. The van der Waals surface area contributed by atoms with Crippen molar-refractivity contribution >= 4 is 5.91 Å². The lowest BCUT2D eigenvalue weighted by atomic mass is 10.0. The van der Waals surface area contributed by atoms with Crippen molar-refractivity contribution in [2.45, 2.75) is 64.5 Å². The van der Waals surface area contributed by atoms with E-state index in [4.69, 9.17) is 0 Å². The molecule has 2 saturated heterocycles. The molecule has 1 N–H and O–H groups in total. The number of amides is 1. The molecule has 19 heavy (non-hydrogen) atoms. The van der Waals surface area contributed by atoms with Crippen molar-refractivity contribution < 1.29 is 4.79 Å². The number of likely N-dealkylation sites (tertiary alicyclic amines) is 1. The van der Waals surface area contributed by atoms with Gasteiger partial charge in [-0.05, 0) is 32.2 Å². The standard InChI is InChI=1S/C15H29N3O/c1-3-5-6-14-15(19)18(12-16-14)13-7-10-17(9-4-2)11-8-13/h13-14,16H,3-12H2,1-2H3. The first-order valence-corrected chi connectivity index (χ1v) is 8.02. The monoisotopic (exact) mass is 267 g/mol. The number of hydrogen-bond acceptors (Lipinski definition) is 3. The third kappa shape index (κ3) is 3.69. The Kier molecular flexibility index (Phi) is 5.64. The largest absolute Gasteiger partial charge is 0.325 e.